The monoisotopic (exact) mass is 243 g/mol. The summed E-state index contributed by atoms with van der Waals surface area (Å²) in [4.78, 5) is 13.8. The van der Waals surface area contributed by atoms with Gasteiger partial charge in [0.25, 0.3) is 0 Å². The van der Waals surface area contributed by atoms with Crippen LogP contribution in [0, 0.1) is 0 Å². The molecule has 0 aromatic carbocycles. The van der Waals surface area contributed by atoms with Crippen LogP contribution in [0.15, 0.2) is 0 Å². The maximum Gasteiger partial charge on any atom is 0.234 e. The third kappa shape index (κ3) is 6.00. The van der Waals surface area contributed by atoms with E-state index in [2.05, 4.69) is 29.5 Å². The van der Waals surface area contributed by atoms with Gasteiger partial charge in [0.05, 0.1) is 13.2 Å². The van der Waals surface area contributed by atoms with Crippen molar-refractivity contribution in [2.24, 2.45) is 0 Å². The molecule has 17 heavy (non-hydrogen) atoms. The van der Waals surface area contributed by atoms with E-state index in [1.807, 2.05) is 0 Å². The zero-order chi connectivity index (χ0) is 12.7. The largest absolute Gasteiger partial charge is 0.383 e. The van der Waals surface area contributed by atoms with Crippen molar-refractivity contribution in [1.82, 2.24) is 15.5 Å². The fourth-order valence-electron chi connectivity index (χ4n) is 1.69. The maximum atomic E-state index is 11.5. The molecule has 100 valence electrons. The van der Waals surface area contributed by atoms with Gasteiger partial charge in [0.2, 0.25) is 5.91 Å². The third-order valence-electron chi connectivity index (χ3n) is 3.18. The van der Waals surface area contributed by atoms with Crippen molar-refractivity contribution >= 4 is 5.91 Å². The molecule has 5 heteroatoms. The number of likely N-dealkylation sites (N-methyl/N-ethyl adjacent to an activating group) is 1. The third-order valence-corrected chi connectivity index (χ3v) is 3.18. The molecule has 1 rings (SSSR count). The Morgan fingerprint density at radius 2 is 2.24 bits per heavy atom. The van der Waals surface area contributed by atoms with E-state index in [4.69, 9.17) is 4.74 Å². The zero-order valence-electron chi connectivity index (χ0n) is 11.2. The lowest BCUT2D eigenvalue weighted by molar-refractivity contribution is -0.120. The summed E-state index contributed by atoms with van der Waals surface area (Å²) in [5.41, 5.74) is 0. The Kier molecular flexibility index (Phi) is 6.47. The van der Waals surface area contributed by atoms with E-state index in [9.17, 15) is 4.79 Å². The number of hydrogen-bond acceptors (Lipinski definition) is 4. The molecule has 0 saturated heterocycles. The van der Waals surface area contributed by atoms with Gasteiger partial charge in [-0.1, -0.05) is 0 Å². The average Bonchev–Trinajstić information content (AvgIpc) is 3.14. The molecule has 0 aromatic heterocycles. The van der Waals surface area contributed by atoms with Gasteiger partial charge >= 0.3 is 0 Å². The molecule has 1 amide bonds. The van der Waals surface area contributed by atoms with Gasteiger partial charge in [-0.15, -0.1) is 0 Å². The van der Waals surface area contributed by atoms with Gasteiger partial charge in [-0.05, 0) is 26.8 Å². The number of hydrogen-bond donors (Lipinski definition) is 2. The Morgan fingerprint density at radius 1 is 1.53 bits per heavy atom. The van der Waals surface area contributed by atoms with Crippen LogP contribution in [0.2, 0.25) is 0 Å². The van der Waals surface area contributed by atoms with Gasteiger partial charge in [-0.3, -0.25) is 9.69 Å². The molecular weight excluding hydrogens is 218 g/mol. The fraction of sp³-hybridized carbons (Fsp3) is 0.917. The summed E-state index contributed by atoms with van der Waals surface area (Å²) in [5, 5.41) is 5.96. The van der Waals surface area contributed by atoms with Crippen molar-refractivity contribution in [3.05, 3.63) is 0 Å². The van der Waals surface area contributed by atoms with Crippen LogP contribution in [-0.4, -0.2) is 63.3 Å². The topological polar surface area (TPSA) is 53.6 Å². The van der Waals surface area contributed by atoms with Crippen molar-refractivity contribution in [3.8, 4) is 0 Å². The van der Waals surface area contributed by atoms with Gasteiger partial charge in [-0.25, -0.2) is 0 Å². The van der Waals surface area contributed by atoms with E-state index in [1.165, 1.54) is 12.8 Å². The SMILES string of the molecule is COCCNCC(=O)NCC(C)N(C)C1CC1. The summed E-state index contributed by atoms with van der Waals surface area (Å²) < 4.78 is 4.89. The summed E-state index contributed by atoms with van der Waals surface area (Å²) in [5.74, 6) is 0.0529. The number of rotatable bonds is 9. The molecule has 0 bridgehead atoms. The van der Waals surface area contributed by atoms with Gasteiger partial charge in [0.1, 0.15) is 0 Å². The molecule has 1 atom stereocenters. The smallest absolute Gasteiger partial charge is 0.234 e. The Bertz CT molecular complexity index is 232. The van der Waals surface area contributed by atoms with Crippen LogP contribution in [0.5, 0.6) is 0 Å². The standard InChI is InChI=1S/C12H25N3O2/c1-10(15(2)11-4-5-11)8-14-12(16)9-13-6-7-17-3/h10-11,13H,4-9H2,1-3H3,(H,14,16). The summed E-state index contributed by atoms with van der Waals surface area (Å²) in [6.45, 7) is 4.58. The first-order valence-electron chi connectivity index (χ1n) is 6.33. The minimum atomic E-state index is 0.0529. The highest BCUT2D eigenvalue weighted by Gasteiger charge is 2.28. The Hall–Kier alpha value is -0.650. The van der Waals surface area contributed by atoms with E-state index in [0.717, 1.165) is 12.6 Å². The second-order valence-electron chi connectivity index (χ2n) is 4.72. The fourth-order valence-corrected chi connectivity index (χ4v) is 1.69. The molecule has 0 heterocycles. The zero-order valence-corrected chi connectivity index (χ0v) is 11.2. The van der Waals surface area contributed by atoms with Crippen LogP contribution >= 0.6 is 0 Å². The Labute approximate surface area is 104 Å². The van der Waals surface area contributed by atoms with Crippen molar-refractivity contribution in [2.45, 2.75) is 31.8 Å². The minimum Gasteiger partial charge on any atom is -0.383 e. The molecule has 0 aromatic rings. The lowest BCUT2D eigenvalue weighted by Gasteiger charge is -2.24. The van der Waals surface area contributed by atoms with Crippen LogP contribution < -0.4 is 10.6 Å². The van der Waals surface area contributed by atoms with E-state index in [-0.39, 0.29) is 5.91 Å². The highest BCUT2D eigenvalue weighted by atomic mass is 16.5. The van der Waals surface area contributed by atoms with Gasteiger partial charge in [-0.2, -0.15) is 0 Å². The van der Waals surface area contributed by atoms with Gasteiger partial charge < -0.3 is 15.4 Å². The van der Waals surface area contributed by atoms with Crippen molar-refractivity contribution in [3.63, 3.8) is 0 Å². The van der Waals surface area contributed by atoms with Crippen LogP contribution in [0.3, 0.4) is 0 Å². The molecule has 0 aliphatic heterocycles. The molecule has 5 nitrogen and oxygen atoms in total. The quantitative estimate of drug-likeness (QED) is 0.552. The Balaban J connectivity index is 2.02. The number of methoxy groups -OCH3 is 1. The average molecular weight is 243 g/mol. The van der Waals surface area contributed by atoms with Crippen LogP contribution in [-0.2, 0) is 9.53 Å². The summed E-state index contributed by atoms with van der Waals surface area (Å²) in [6.07, 6.45) is 2.60. The lowest BCUT2D eigenvalue weighted by Crippen LogP contribution is -2.43. The predicted octanol–water partition coefficient (Wildman–Crippen LogP) is -0.179. The van der Waals surface area contributed by atoms with Crippen molar-refractivity contribution in [2.75, 3.05) is 40.4 Å². The number of ether oxygens (including phenoxy) is 1. The highest BCUT2D eigenvalue weighted by Crippen LogP contribution is 2.26. The first-order chi connectivity index (χ1) is 8.15. The van der Waals surface area contributed by atoms with Crippen LogP contribution in [0.25, 0.3) is 0 Å². The number of nitrogens with zero attached hydrogens (tertiary/aromatic N) is 1. The first-order valence-corrected chi connectivity index (χ1v) is 6.33. The van der Waals surface area contributed by atoms with E-state index in [0.29, 0.717) is 25.7 Å². The molecule has 1 unspecified atom stereocenters. The number of carbonyl (C=O) groups excluding carboxylic acids is 1. The van der Waals surface area contributed by atoms with E-state index < -0.39 is 0 Å². The van der Waals surface area contributed by atoms with Crippen LogP contribution in [0.1, 0.15) is 19.8 Å². The molecule has 0 spiro atoms. The summed E-state index contributed by atoms with van der Waals surface area (Å²) in [6, 6.07) is 1.15. The molecule has 2 N–H and O–H groups in total. The molecule has 1 aliphatic carbocycles. The van der Waals surface area contributed by atoms with Gasteiger partial charge in [0.15, 0.2) is 0 Å². The number of amides is 1. The Morgan fingerprint density at radius 3 is 2.82 bits per heavy atom. The molecule has 1 saturated carbocycles. The number of carbonyl (C=O) groups is 1. The minimum absolute atomic E-state index is 0.0529. The molecule has 0 radical (unpaired) electrons. The number of nitrogens with one attached hydrogen (secondary N) is 2. The normalized spacial score (nSPS) is 17.2. The van der Waals surface area contributed by atoms with Gasteiger partial charge in [0, 0.05) is 32.3 Å². The van der Waals surface area contributed by atoms with Crippen LogP contribution in [0.4, 0.5) is 0 Å². The molecular formula is C12H25N3O2. The predicted molar refractivity (Wildman–Crippen MR) is 68.0 cm³/mol. The first kappa shape index (κ1) is 14.4. The second-order valence-corrected chi connectivity index (χ2v) is 4.72. The van der Waals surface area contributed by atoms with E-state index in [1.54, 1.807) is 7.11 Å². The van der Waals surface area contributed by atoms with Crippen molar-refractivity contribution < 1.29 is 9.53 Å². The lowest BCUT2D eigenvalue weighted by atomic mass is 10.3. The maximum absolute atomic E-state index is 11.5. The van der Waals surface area contributed by atoms with E-state index >= 15 is 0 Å². The molecule has 1 fully saturated rings. The molecule has 1 aliphatic rings. The highest BCUT2D eigenvalue weighted by molar-refractivity contribution is 5.77. The van der Waals surface area contributed by atoms with Crippen molar-refractivity contribution in [1.29, 1.82) is 0 Å². The summed E-state index contributed by atoms with van der Waals surface area (Å²) >= 11 is 0. The second kappa shape index (κ2) is 7.63. The summed E-state index contributed by atoms with van der Waals surface area (Å²) in [7, 11) is 3.78.